The van der Waals surface area contributed by atoms with E-state index in [1.807, 2.05) is 6.92 Å². The van der Waals surface area contributed by atoms with Crippen LogP contribution in [0.15, 0.2) is 12.7 Å². The Morgan fingerprint density at radius 1 is 1.16 bits per heavy atom. The van der Waals surface area contributed by atoms with E-state index in [1.54, 1.807) is 38.6 Å². The fourth-order valence-corrected chi connectivity index (χ4v) is 5.58. The first-order chi connectivity index (χ1) is 17.5. The van der Waals surface area contributed by atoms with Crippen molar-refractivity contribution in [3.8, 4) is 0 Å². The van der Waals surface area contributed by atoms with Gasteiger partial charge in [-0.2, -0.15) is 0 Å². The van der Waals surface area contributed by atoms with Gasteiger partial charge in [-0.05, 0) is 47.0 Å². The second-order valence-electron chi connectivity index (χ2n) is 9.76. The molecule has 1 aliphatic rings. The second-order valence-corrected chi connectivity index (χ2v) is 12.1. The second kappa shape index (κ2) is 12.8. The van der Waals surface area contributed by atoms with E-state index < -0.39 is 37.4 Å². The third kappa shape index (κ3) is 8.19. The maximum Gasteiger partial charge on any atom is 0.323 e. The zero-order valence-electron chi connectivity index (χ0n) is 22.0. The number of fused-ring (bicyclic) bond motifs is 1. The Hall–Kier alpha value is -2.60. The summed E-state index contributed by atoms with van der Waals surface area (Å²) in [5.74, 6) is -1.17. The Morgan fingerprint density at radius 2 is 1.89 bits per heavy atom. The number of nitrogens with zero attached hydrogens (tertiary/aromatic N) is 4. The molecule has 0 bridgehead atoms. The lowest BCUT2D eigenvalue weighted by Gasteiger charge is -2.29. The number of carbonyl (C=O) groups is 2. The molecule has 4 atom stereocenters. The van der Waals surface area contributed by atoms with E-state index in [2.05, 4.69) is 25.1 Å². The number of hydrogen-bond donors (Lipinski definition) is 3. The number of anilines is 1. The Morgan fingerprint density at radius 3 is 2.54 bits per heavy atom. The Kier molecular flexibility index (Phi) is 10.00. The van der Waals surface area contributed by atoms with Crippen molar-refractivity contribution < 1.29 is 28.4 Å². The van der Waals surface area contributed by atoms with E-state index >= 15 is 0 Å². The minimum absolute atomic E-state index is 0.0698. The minimum atomic E-state index is -3.49. The van der Waals surface area contributed by atoms with Gasteiger partial charge in [0.1, 0.15) is 30.3 Å². The van der Waals surface area contributed by atoms with Crippen LogP contribution in [0.25, 0.3) is 11.2 Å². The number of imidazole rings is 1. The van der Waals surface area contributed by atoms with Crippen LogP contribution in [0.1, 0.15) is 53.9 Å². The van der Waals surface area contributed by atoms with E-state index in [4.69, 9.17) is 19.9 Å². The summed E-state index contributed by atoms with van der Waals surface area (Å²) in [6.07, 6.45) is 4.68. The van der Waals surface area contributed by atoms with Gasteiger partial charge in [0.05, 0.1) is 31.0 Å². The summed E-state index contributed by atoms with van der Waals surface area (Å²) in [6.45, 7) is 9.05. The lowest BCUT2D eigenvalue weighted by Crippen LogP contribution is -2.41. The third-order valence-corrected chi connectivity index (χ3v) is 7.93. The topological polar surface area (TPSA) is 173 Å². The lowest BCUT2D eigenvalue weighted by atomic mass is 9.96. The smallest absolute Gasteiger partial charge is 0.323 e. The molecule has 4 N–H and O–H groups in total. The highest BCUT2D eigenvalue weighted by molar-refractivity contribution is 7.59. The van der Waals surface area contributed by atoms with Crippen molar-refractivity contribution >= 4 is 36.4 Å². The maximum absolute atomic E-state index is 13.8. The molecule has 0 spiro atoms. The molecule has 14 heteroatoms. The standard InChI is InChI=1S/C23H38N7O6P/c1-14(2)35-22(31)15(3)9-28-37(33,29-17(5)23(32)36-18-7-6-8-18)13-34-16(4)10-30-12-27-19-20(24)25-11-26-21(19)30/h11-12,14-18H,6-10,13H2,1-5H3,(H2,24,25,26)(H2,28,29,33)/t15-,16+,17+,37+/m0/s1. The average Bonchev–Trinajstić information content (AvgIpc) is 3.22. The van der Waals surface area contributed by atoms with Crippen molar-refractivity contribution in [2.24, 2.45) is 5.92 Å². The molecule has 1 fully saturated rings. The molecule has 3 rings (SSSR count). The van der Waals surface area contributed by atoms with Crippen LogP contribution in [-0.2, 0) is 34.9 Å². The molecule has 206 valence electrons. The molecule has 0 unspecified atom stereocenters. The fraction of sp³-hybridized carbons (Fsp3) is 0.696. The monoisotopic (exact) mass is 539 g/mol. The Bertz CT molecular complexity index is 1120. The molecule has 0 radical (unpaired) electrons. The first-order valence-electron chi connectivity index (χ1n) is 12.5. The van der Waals surface area contributed by atoms with E-state index in [0.29, 0.717) is 17.7 Å². The van der Waals surface area contributed by atoms with Gasteiger partial charge in [0.15, 0.2) is 11.5 Å². The normalized spacial score (nSPS) is 18.1. The van der Waals surface area contributed by atoms with Gasteiger partial charge in [-0.1, -0.05) is 6.92 Å². The molecule has 13 nitrogen and oxygen atoms in total. The van der Waals surface area contributed by atoms with E-state index in [9.17, 15) is 14.2 Å². The molecule has 0 aromatic carbocycles. The fourth-order valence-electron chi connectivity index (χ4n) is 3.56. The molecular weight excluding hydrogens is 501 g/mol. The molecule has 1 aliphatic carbocycles. The van der Waals surface area contributed by atoms with Crippen molar-refractivity contribution in [2.45, 2.75) is 84.8 Å². The quantitative estimate of drug-likeness (QED) is 0.236. The number of nitrogen functional groups attached to an aromatic ring is 1. The maximum atomic E-state index is 13.8. The predicted molar refractivity (Wildman–Crippen MR) is 137 cm³/mol. The summed E-state index contributed by atoms with van der Waals surface area (Å²) in [4.78, 5) is 37.1. The van der Waals surface area contributed by atoms with E-state index in [0.717, 1.165) is 19.3 Å². The van der Waals surface area contributed by atoms with Gasteiger partial charge in [-0.3, -0.25) is 19.2 Å². The molecule has 0 aliphatic heterocycles. The van der Waals surface area contributed by atoms with Crippen LogP contribution in [0, 0.1) is 5.92 Å². The number of nitrogens with two attached hydrogens (primary N) is 1. The minimum Gasteiger partial charge on any atom is -0.463 e. The van der Waals surface area contributed by atoms with Crippen LogP contribution in [-0.4, -0.2) is 68.7 Å². The van der Waals surface area contributed by atoms with E-state index in [-0.39, 0.29) is 30.9 Å². The molecule has 0 saturated heterocycles. The van der Waals surface area contributed by atoms with Crippen molar-refractivity contribution in [1.29, 1.82) is 0 Å². The SMILES string of the molecule is CC(C)OC(=O)[C@@H](C)CN[P@](=O)(CO[C@H](C)Cn1cnc2c(N)ncnc21)N[C@H](C)C(=O)OC1CCC1. The molecule has 37 heavy (non-hydrogen) atoms. The number of esters is 2. The predicted octanol–water partition coefficient (Wildman–Crippen LogP) is 2.22. The molecular formula is C23H38N7O6P. The van der Waals surface area contributed by atoms with Crippen molar-refractivity contribution in [2.75, 3.05) is 18.6 Å². The largest absolute Gasteiger partial charge is 0.463 e. The summed E-state index contributed by atoms with van der Waals surface area (Å²) < 4.78 is 32.2. The molecule has 2 heterocycles. The van der Waals surface area contributed by atoms with Gasteiger partial charge in [0, 0.05) is 6.54 Å². The molecule has 0 amide bonds. The van der Waals surface area contributed by atoms with Crippen LogP contribution < -0.4 is 15.9 Å². The van der Waals surface area contributed by atoms with Crippen LogP contribution in [0.5, 0.6) is 0 Å². The lowest BCUT2D eigenvalue weighted by molar-refractivity contribution is -0.154. The number of nitrogens with one attached hydrogen (secondary N) is 2. The number of hydrogen-bond acceptors (Lipinski definition) is 10. The van der Waals surface area contributed by atoms with Crippen molar-refractivity contribution in [3.05, 3.63) is 12.7 Å². The number of aromatic nitrogens is 4. The van der Waals surface area contributed by atoms with Gasteiger partial charge in [0.25, 0.3) is 0 Å². The van der Waals surface area contributed by atoms with Crippen LogP contribution in [0.2, 0.25) is 0 Å². The zero-order valence-corrected chi connectivity index (χ0v) is 22.9. The van der Waals surface area contributed by atoms with Crippen molar-refractivity contribution in [1.82, 2.24) is 29.7 Å². The summed E-state index contributed by atoms with van der Waals surface area (Å²) in [6, 6.07) is -0.840. The summed E-state index contributed by atoms with van der Waals surface area (Å²) in [5.41, 5.74) is 6.91. The van der Waals surface area contributed by atoms with Gasteiger partial charge < -0.3 is 24.5 Å². The number of rotatable bonds is 14. The van der Waals surface area contributed by atoms with Crippen LogP contribution in [0.4, 0.5) is 5.82 Å². The van der Waals surface area contributed by atoms with Gasteiger partial charge in [-0.15, -0.1) is 0 Å². The molecule has 2 aromatic rings. The highest BCUT2D eigenvalue weighted by atomic mass is 31.2. The van der Waals surface area contributed by atoms with Crippen LogP contribution >= 0.6 is 7.44 Å². The average molecular weight is 540 g/mol. The molecule has 2 aromatic heterocycles. The summed E-state index contributed by atoms with van der Waals surface area (Å²) in [5, 5.41) is 5.79. The zero-order chi connectivity index (χ0) is 27.2. The number of ether oxygens (including phenoxy) is 3. The number of carbonyl (C=O) groups excluding carboxylic acids is 2. The highest BCUT2D eigenvalue weighted by Crippen LogP contribution is 2.38. The van der Waals surface area contributed by atoms with Gasteiger partial charge >= 0.3 is 11.9 Å². The Balaban J connectivity index is 1.63. The van der Waals surface area contributed by atoms with Gasteiger partial charge in [0.2, 0.25) is 7.44 Å². The van der Waals surface area contributed by atoms with Crippen LogP contribution in [0.3, 0.4) is 0 Å². The van der Waals surface area contributed by atoms with Gasteiger partial charge in [-0.25, -0.2) is 20.0 Å². The van der Waals surface area contributed by atoms with E-state index in [1.165, 1.54) is 6.33 Å². The first kappa shape index (κ1) is 29.0. The summed E-state index contributed by atoms with van der Waals surface area (Å²) >= 11 is 0. The first-order valence-corrected chi connectivity index (χ1v) is 14.4. The summed E-state index contributed by atoms with van der Waals surface area (Å²) in [7, 11) is -3.49. The van der Waals surface area contributed by atoms with Crippen molar-refractivity contribution in [3.63, 3.8) is 0 Å². The Labute approximate surface area is 216 Å². The molecule has 1 saturated carbocycles. The third-order valence-electron chi connectivity index (χ3n) is 5.92. The highest BCUT2D eigenvalue weighted by Gasteiger charge is 2.32.